The van der Waals surface area contributed by atoms with Gasteiger partial charge in [0, 0.05) is 6.42 Å². The van der Waals surface area contributed by atoms with Crippen molar-refractivity contribution in [1.82, 2.24) is 21.3 Å². The Kier molecular flexibility index (Phi) is 16.9. The molecule has 1 fully saturated rings. The molecule has 13 atom stereocenters. The zero-order valence-electron chi connectivity index (χ0n) is 28.9. The molecule has 22 heteroatoms. The van der Waals surface area contributed by atoms with Gasteiger partial charge in [0.1, 0.15) is 54.3 Å². The van der Waals surface area contributed by atoms with Gasteiger partial charge in [-0.3, -0.25) is 24.0 Å². The molecule has 0 saturated carbocycles. The van der Waals surface area contributed by atoms with Crippen LogP contribution in [0.2, 0.25) is 0 Å². The lowest BCUT2D eigenvalue weighted by Gasteiger charge is -2.41. The molecule has 5 amide bonds. The second-order valence-corrected chi connectivity index (χ2v) is 12.5. The summed E-state index contributed by atoms with van der Waals surface area (Å²) < 4.78 is 10.7. The minimum atomic E-state index is -1.84. The first kappa shape index (κ1) is 44.6. The van der Waals surface area contributed by atoms with E-state index in [1.54, 1.807) is 0 Å². The first-order valence-corrected chi connectivity index (χ1v) is 16.3. The van der Waals surface area contributed by atoms with Gasteiger partial charge in [-0.15, -0.1) is 0 Å². The number of hydrogen-bond donors (Lipinski definition) is 14. The van der Waals surface area contributed by atoms with E-state index < -0.39 is 128 Å². The first-order valence-electron chi connectivity index (χ1n) is 16.3. The lowest BCUT2D eigenvalue weighted by atomic mass is 9.99. The average Bonchev–Trinajstić information content (AvgIpc) is 3.08. The molecular formula is C31H48N6O16. The number of aliphatic carboxylic acids is 1. The van der Waals surface area contributed by atoms with Crippen LogP contribution in [0.5, 0.6) is 5.75 Å². The Balaban J connectivity index is 2.23. The highest BCUT2D eigenvalue weighted by molar-refractivity contribution is 5.97. The summed E-state index contributed by atoms with van der Waals surface area (Å²) in [6, 6.07) is -3.36. The minimum Gasteiger partial charge on any atom is -0.508 e. The zero-order chi connectivity index (χ0) is 40.3. The van der Waals surface area contributed by atoms with E-state index in [-0.39, 0.29) is 12.2 Å². The number of carboxylic acids is 1. The first-order chi connectivity index (χ1) is 24.7. The molecule has 1 aliphatic rings. The number of phenols is 1. The van der Waals surface area contributed by atoms with Gasteiger partial charge in [0.05, 0.1) is 31.3 Å². The second kappa shape index (κ2) is 20.1. The van der Waals surface area contributed by atoms with Crippen molar-refractivity contribution < 1.29 is 79.1 Å². The van der Waals surface area contributed by atoms with Crippen LogP contribution in [-0.2, 0) is 44.7 Å². The number of nitrogens with one attached hydrogen (secondary N) is 4. The topological polar surface area (TPSA) is 383 Å². The fourth-order valence-electron chi connectivity index (χ4n) is 5.01. The van der Waals surface area contributed by atoms with Crippen molar-refractivity contribution in [1.29, 1.82) is 0 Å². The van der Waals surface area contributed by atoms with Crippen LogP contribution >= 0.6 is 0 Å². The van der Waals surface area contributed by atoms with Crippen molar-refractivity contribution in [2.24, 2.45) is 11.5 Å². The highest BCUT2D eigenvalue weighted by atomic mass is 16.7. The molecule has 0 bridgehead atoms. The van der Waals surface area contributed by atoms with Crippen molar-refractivity contribution in [3.63, 3.8) is 0 Å². The number of benzene rings is 1. The molecule has 298 valence electrons. The number of nitrogens with two attached hydrogens (primary N) is 2. The molecule has 16 N–H and O–H groups in total. The van der Waals surface area contributed by atoms with E-state index in [0.717, 1.165) is 13.8 Å². The van der Waals surface area contributed by atoms with E-state index in [1.807, 2.05) is 0 Å². The maximum Gasteiger partial charge on any atom is 0.328 e. The normalized spacial score (nSPS) is 24.5. The summed E-state index contributed by atoms with van der Waals surface area (Å²) in [5.74, 6) is -7.45. The Morgan fingerprint density at radius 2 is 1.32 bits per heavy atom. The molecule has 53 heavy (non-hydrogen) atoms. The SMILES string of the molecule is C[C@@H](O)[C@H](NC(=O)[C@H](Cc1ccc(O)cc1)NC(=O)[C@H](CC(N)=O)NC(=O)[C@@H](NC(=O)[C@@H](N)[C@@H](C)O[C@@H]1O[C@H](CO)[C@@H](O)[C@H](O)[C@H]1O)[C@@H](C)O)C(=O)O. The molecular weight excluding hydrogens is 712 g/mol. The summed E-state index contributed by atoms with van der Waals surface area (Å²) in [5.41, 5.74) is 11.6. The lowest BCUT2D eigenvalue weighted by Crippen LogP contribution is -2.63. The maximum absolute atomic E-state index is 13.5. The second-order valence-electron chi connectivity index (χ2n) is 12.5. The number of primary amides is 1. The molecule has 0 aliphatic carbocycles. The number of phenolic OH excluding ortho intramolecular Hbond substituents is 1. The van der Waals surface area contributed by atoms with Crippen LogP contribution in [0, 0.1) is 0 Å². The van der Waals surface area contributed by atoms with Crippen LogP contribution in [0.15, 0.2) is 24.3 Å². The molecule has 0 spiro atoms. The standard InChI is InChI=1S/C31H48N6O16/c1-11(39)21(36-28(48)20(33)13(3)52-31-25(45)24(44)23(43)18(10-38)53-31)29(49)35-17(9-19(32)42)26(46)34-16(8-14-4-6-15(41)7-5-14)27(47)37-22(12(2)40)30(50)51/h4-7,11-13,16-18,20-25,31,38-41,43-45H,8-10,33H2,1-3H3,(H2,32,42)(H,34,46)(H,35,49)(H,36,48)(H,37,47)(H,50,51)/t11-,12-,13-,16+,17+,18-,20+,21+,22+,23-,24+,25-,31-/m1/s1. The number of ether oxygens (including phenoxy) is 2. The molecule has 1 heterocycles. The van der Waals surface area contributed by atoms with Gasteiger partial charge < -0.3 is 83.1 Å². The molecule has 0 unspecified atom stereocenters. The van der Waals surface area contributed by atoms with E-state index in [2.05, 4.69) is 21.3 Å². The number of amides is 5. The van der Waals surface area contributed by atoms with E-state index in [1.165, 1.54) is 31.2 Å². The summed E-state index contributed by atoms with van der Waals surface area (Å²) in [6.07, 6.45) is -14.0. The largest absolute Gasteiger partial charge is 0.508 e. The third-order valence-corrected chi connectivity index (χ3v) is 8.16. The summed E-state index contributed by atoms with van der Waals surface area (Å²) in [5, 5.41) is 87.5. The van der Waals surface area contributed by atoms with Crippen LogP contribution < -0.4 is 32.7 Å². The van der Waals surface area contributed by atoms with Crippen LogP contribution in [0.25, 0.3) is 0 Å². The highest BCUT2D eigenvalue weighted by Gasteiger charge is 2.45. The quantitative estimate of drug-likeness (QED) is 0.0623. The highest BCUT2D eigenvalue weighted by Crippen LogP contribution is 2.23. The zero-order valence-corrected chi connectivity index (χ0v) is 28.9. The Bertz CT molecular complexity index is 1430. The third kappa shape index (κ3) is 12.8. The van der Waals surface area contributed by atoms with E-state index in [0.29, 0.717) is 5.56 Å². The van der Waals surface area contributed by atoms with E-state index in [4.69, 9.17) is 20.9 Å². The predicted molar refractivity (Wildman–Crippen MR) is 177 cm³/mol. The number of carbonyl (C=O) groups is 6. The maximum atomic E-state index is 13.5. The molecule has 1 aliphatic heterocycles. The van der Waals surface area contributed by atoms with Crippen LogP contribution in [-0.4, -0.2) is 162 Å². The monoisotopic (exact) mass is 760 g/mol. The van der Waals surface area contributed by atoms with Gasteiger partial charge in [0.2, 0.25) is 29.5 Å². The van der Waals surface area contributed by atoms with Gasteiger partial charge >= 0.3 is 5.97 Å². The van der Waals surface area contributed by atoms with Gasteiger partial charge in [0.25, 0.3) is 0 Å². The van der Waals surface area contributed by atoms with Gasteiger partial charge in [-0.25, -0.2) is 4.79 Å². The molecule has 22 nitrogen and oxygen atoms in total. The summed E-state index contributed by atoms with van der Waals surface area (Å²) in [4.78, 5) is 76.5. The molecule has 0 aromatic heterocycles. The Morgan fingerprint density at radius 3 is 1.83 bits per heavy atom. The van der Waals surface area contributed by atoms with Crippen molar-refractivity contribution in [2.45, 2.75) is 113 Å². The fourth-order valence-corrected chi connectivity index (χ4v) is 5.01. The van der Waals surface area contributed by atoms with Crippen LogP contribution in [0.1, 0.15) is 32.8 Å². The summed E-state index contributed by atoms with van der Waals surface area (Å²) in [7, 11) is 0. The average molecular weight is 761 g/mol. The number of carbonyl (C=O) groups excluding carboxylic acids is 5. The third-order valence-electron chi connectivity index (χ3n) is 8.16. The number of aliphatic hydroxyl groups is 6. The molecule has 1 aromatic rings. The van der Waals surface area contributed by atoms with E-state index >= 15 is 0 Å². The smallest absolute Gasteiger partial charge is 0.328 e. The van der Waals surface area contributed by atoms with Gasteiger partial charge in [-0.1, -0.05) is 12.1 Å². The molecule has 1 saturated heterocycles. The van der Waals surface area contributed by atoms with Crippen molar-refractivity contribution >= 4 is 35.5 Å². The fraction of sp³-hybridized carbons (Fsp3) is 0.613. The number of carboxylic acid groups (broad SMARTS) is 1. The van der Waals surface area contributed by atoms with Gasteiger partial charge in [0.15, 0.2) is 12.3 Å². The Labute approximate surface area is 302 Å². The number of aliphatic hydroxyl groups excluding tert-OH is 6. The summed E-state index contributed by atoms with van der Waals surface area (Å²) >= 11 is 0. The molecule has 1 aromatic carbocycles. The van der Waals surface area contributed by atoms with Gasteiger partial charge in [-0.05, 0) is 38.5 Å². The Morgan fingerprint density at radius 1 is 0.792 bits per heavy atom. The minimum absolute atomic E-state index is 0.125. The van der Waals surface area contributed by atoms with Crippen molar-refractivity contribution in [3.8, 4) is 5.75 Å². The van der Waals surface area contributed by atoms with Crippen molar-refractivity contribution in [3.05, 3.63) is 29.8 Å². The molecule has 0 radical (unpaired) electrons. The van der Waals surface area contributed by atoms with Crippen LogP contribution in [0.3, 0.4) is 0 Å². The predicted octanol–water partition coefficient (Wildman–Crippen LogP) is -6.87. The lowest BCUT2D eigenvalue weighted by molar-refractivity contribution is -0.310. The van der Waals surface area contributed by atoms with Crippen LogP contribution in [0.4, 0.5) is 0 Å². The number of hydrogen-bond acceptors (Lipinski definition) is 16. The summed E-state index contributed by atoms with van der Waals surface area (Å²) in [6.45, 7) is 2.68. The Hall–Kier alpha value is -4.52. The van der Waals surface area contributed by atoms with E-state index in [9.17, 15) is 69.6 Å². The van der Waals surface area contributed by atoms with Gasteiger partial charge in [-0.2, -0.15) is 0 Å². The molecule has 2 rings (SSSR count). The van der Waals surface area contributed by atoms with Crippen molar-refractivity contribution in [2.75, 3.05) is 6.61 Å². The number of rotatable bonds is 19. The number of aromatic hydroxyl groups is 1.